The van der Waals surface area contributed by atoms with Gasteiger partial charge in [0.2, 0.25) is 0 Å². The van der Waals surface area contributed by atoms with Crippen molar-refractivity contribution in [3.63, 3.8) is 0 Å². The number of rotatable bonds is 4. The molecule has 5 rings (SSSR count). The number of hydrogen-bond acceptors (Lipinski definition) is 3. The fraction of sp³-hybridized carbons (Fsp3) is 0.704. The Kier molecular flexibility index (Phi) is 8.01. The number of para-hydroxylation sites is 1. The highest BCUT2D eigenvalue weighted by Crippen LogP contribution is 2.49. The lowest BCUT2D eigenvalue weighted by molar-refractivity contribution is 0.0517. The van der Waals surface area contributed by atoms with Crippen LogP contribution >= 0.6 is 12.4 Å². The number of anilines is 1. The Hall–Kier alpha value is -1.03. The van der Waals surface area contributed by atoms with E-state index in [-0.39, 0.29) is 12.4 Å². The molecule has 1 saturated carbocycles. The van der Waals surface area contributed by atoms with Gasteiger partial charge in [0, 0.05) is 57.2 Å². The summed E-state index contributed by atoms with van der Waals surface area (Å²) in [6, 6.07) is 9.23. The van der Waals surface area contributed by atoms with Crippen molar-refractivity contribution in [2.24, 2.45) is 11.3 Å². The monoisotopic (exact) mass is 444 g/mol. The zero-order valence-electron chi connectivity index (χ0n) is 19.2. The van der Waals surface area contributed by atoms with Gasteiger partial charge in [-0.2, -0.15) is 0 Å². The highest BCUT2D eigenvalue weighted by molar-refractivity contribution is 5.85. The summed E-state index contributed by atoms with van der Waals surface area (Å²) in [5.41, 5.74) is 5.26. The average Bonchev–Trinajstić information content (AvgIpc) is 2.82. The molecule has 0 unspecified atom stereocenters. The van der Waals surface area contributed by atoms with E-state index in [1.165, 1.54) is 95.1 Å². The molecule has 0 bridgehead atoms. The third kappa shape index (κ3) is 5.49. The fourth-order valence-electron chi connectivity index (χ4n) is 6.43. The Balaban J connectivity index is 0.00000231. The molecule has 3 nitrogen and oxygen atoms in total. The standard InChI is InChI=1S/C27H40N2O.ClH/c1-4-12-27(13-5-1)14-8-24(9-15-27)25-6-2-3-7-26(25)29-18-16-28(17-19-29)22-23-10-20-30-21-11-23;/h2-3,6-8,23H,1,4-5,9-22H2;1H. The molecular formula is C27H41ClN2O. The van der Waals surface area contributed by atoms with Crippen LogP contribution in [0.1, 0.15) is 69.8 Å². The van der Waals surface area contributed by atoms with Crippen molar-refractivity contribution >= 4 is 23.7 Å². The number of nitrogens with zero attached hydrogens (tertiary/aromatic N) is 2. The molecule has 2 aliphatic heterocycles. The van der Waals surface area contributed by atoms with Gasteiger partial charge >= 0.3 is 0 Å². The molecular weight excluding hydrogens is 404 g/mol. The molecule has 0 aromatic heterocycles. The first kappa shape index (κ1) is 23.1. The number of ether oxygens (including phenoxy) is 1. The van der Waals surface area contributed by atoms with E-state index in [1.54, 1.807) is 5.57 Å². The topological polar surface area (TPSA) is 15.7 Å². The van der Waals surface area contributed by atoms with Crippen LogP contribution < -0.4 is 4.90 Å². The van der Waals surface area contributed by atoms with Gasteiger partial charge in [-0.05, 0) is 67.9 Å². The SMILES string of the molecule is C1=C(c2ccccc2N2CCN(CC3CCOCC3)CC2)CCC2(C1)CCCCC2.Cl. The van der Waals surface area contributed by atoms with Crippen LogP contribution in [0, 0.1) is 11.3 Å². The summed E-state index contributed by atoms with van der Waals surface area (Å²) in [6.07, 6.45) is 16.4. The maximum absolute atomic E-state index is 5.54. The molecule has 1 aromatic carbocycles. The molecule has 2 aliphatic carbocycles. The Morgan fingerprint density at radius 1 is 0.903 bits per heavy atom. The van der Waals surface area contributed by atoms with Gasteiger partial charge in [0.1, 0.15) is 0 Å². The van der Waals surface area contributed by atoms with Crippen molar-refractivity contribution in [1.82, 2.24) is 4.90 Å². The third-order valence-corrected chi connectivity index (χ3v) is 8.44. The van der Waals surface area contributed by atoms with Gasteiger partial charge in [0.25, 0.3) is 0 Å². The molecule has 2 saturated heterocycles. The zero-order valence-corrected chi connectivity index (χ0v) is 20.0. The number of benzene rings is 1. The Bertz CT molecular complexity index is 729. The zero-order chi connectivity index (χ0) is 20.2. The second-order valence-corrected chi connectivity index (χ2v) is 10.4. The predicted molar refractivity (Wildman–Crippen MR) is 133 cm³/mol. The first-order valence-corrected chi connectivity index (χ1v) is 12.6. The highest BCUT2D eigenvalue weighted by atomic mass is 35.5. The maximum Gasteiger partial charge on any atom is 0.0469 e. The molecule has 31 heavy (non-hydrogen) atoms. The number of piperazine rings is 1. The van der Waals surface area contributed by atoms with Crippen molar-refractivity contribution in [1.29, 1.82) is 0 Å². The van der Waals surface area contributed by atoms with Crippen LogP contribution in [0.2, 0.25) is 0 Å². The molecule has 172 valence electrons. The molecule has 0 radical (unpaired) electrons. The minimum atomic E-state index is 0. The van der Waals surface area contributed by atoms with E-state index < -0.39 is 0 Å². The van der Waals surface area contributed by atoms with Gasteiger partial charge in [0.05, 0.1) is 0 Å². The van der Waals surface area contributed by atoms with Crippen molar-refractivity contribution in [2.45, 2.75) is 64.2 Å². The molecule has 4 aliphatic rings. The fourth-order valence-corrected chi connectivity index (χ4v) is 6.43. The van der Waals surface area contributed by atoms with E-state index in [1.807, 2.05) is 0 Å². The molecule has 0 N–H and O–H groups in total. The lowest BCUT2D eigenvalue weighted by Gasteiger charge is -2.41. The van der Waals surface area contributed by atoms with Crippen LogP contribution in [-0.4, -0.2) is 50.8 Å². The molecule has 1 aromatic rings. The molecule has 2 heterocycles. The van der Waals surface area contributed by atoms with Gasteiger partial charge in [-0.15, -0.1) is 12.4 Å². The molecule has 0 atom stereocenters. The van der Waals surface area contributed by atoms with Crippen LogP contribution in [0.25, 0.3) is 5.57 Å². The lowest BCUT2D eigenvalue weighted by Crippen LogP contribution is -2.48. The second kappa shape index (κ2) is 10.7. The minimum absolute atomic E-state index is 0. The molecule has 4 heteroatoms. The van der Waals surface area contributed by atoms with Crippen LogP contribution in [0.3, 0.4) is 0 Å². The first-order valence-electron chi connectivity index (χ1n) is 12.6. The molecule has 1 spiro atoms. The molecule has 0 amide bonds. The third-order valence-electron chi connectivity index (χ3n) is 8.44. The number of hydrogen-bond donors (Lipinski definition) is 0. The van der Waals surface area contributed by atoms with Gasteiger partial charge < -0.3 is 9.64 Å². The summed E-state index contributed by atoms with van der Waals surface area (Å²) in [6.45, 7) is 7.94. The van der Waals surface area contributed by atoms with E-state index in [0.29, 0.717) is 5.41 Å². The van der Waals surface area contributed by atoms with Crippen LogP contribution in [-0.2, 0) is 4.74 Å². The maximum atomic E-state index is 5.54. The Morgan fingerprint density at radius 3 is 2.35 bits per heavy atom. The minimum Gasteiger partial charge on any atom is -0.381 e. The number of allylic oxidation sites excluding steroid dienone is 2. The lowest BCUT2D eigenvalue weighted by atomic mass is 9.65. The summed E-state index contributed by atoms with van der Waals surface area (Å²) >= 11 is 0. The van der Waals surface area contributed by atoms with Crippen molar-refractivity contribution in [3.05, 3.63) is 35.9 Å². The second-order valence-electron chi connectivity index (χ2n) is 10.4. The predicted octanol–water partition coefficient (Wildman–Crippen LogP) is 6.17. The van der Waals surface area contributed by atoms with E-state index in [4.69, 9.17) is 4.74 Å². The van der Waals surface area contributed by atoms with Gasteiger partial charge in [-0.3, -0.25) is 4.90 Å². The van der Waals surface area contributed by atoms with Crippen molar-refractivity contribution in [2.75, 3.05) is 50.8 Å². The summed E-state index contributed by atoms with van der Waals surface area (Å²) in [7, 11) is 0. The van der Waals surface area contributed by atoms with Crippen molar-refractivity contribution < 1.29 is 4.74 Å². The largest absolute Gasteiger partial charge is 0.381 e. The highest BCUT2D eigenvalue weighted by Gasteiger charge is 2.34. The van der Waals surface area contributed by atoms with Gasteiger partial charge in [-0.1, -0.05) is 43.5 Å². The van der Waals surface area contributed by atoms with E-state index in [9.17, 15) is 0 Å². The quantitative estimate of drug-likeness (QED) is 0.551. The van der Waals surface area contributed by atoms with Crippen LogP contribution in [0.15, 0.2) is 30.3 Å². The van der Waals surface area contributed by atoms with E-state index >= 15 is 0 Å². The van der Waals surface area contributed by atoms with Crippen molar-refractivity contribution in [3.8, 4) is 0 Å². The van der Waals surface area contributed by atoms with Gasteiger partial charge in [-0.25, -0.2) is 0 Å². The summed E-state index contributed by atoms with van der Waals surface area (Å²) in [5, 5.41) is 0. The first-order chi connectivity index (χ1) is 14.8. The van der Waals surface area contributed by atoms with E-state index in [2.05, 4.69) is 40.1 Å². The molecule has 3 fully saturated rings. The van der Waals surface area contributed by atoms with Gasteiger partial charge in [0.15, 0.2) is 0 Å². The summed E-state index contributed by atoms with van der Waals surface area (Å²) in [4.78, 5) is 5.35. The van der Waals surface area contributed by atoms with Crippen LogP contribution in [0.4, 0.5) is 5.69 Å². The summed E-state index contributed by atoms with van der Waals surface area (Å²) in [5.74, 6) is 0.845. The normalized spacial score (nSPS) is 25.2. The number of halogens is 1. The van der Waals surface area contributed by atoms with Crippen LogP contribution in [0.5, 0.6) is 0 Å². The smallest absolute Gasteiger partial charge is 0.0469 e. The Labute approximate surface area is 195 Å². The summed E-state index contributed by atoms with van der Waals surface area (Å²) < 4.78 is 5.54. The van der Waals surface area contributed by atoms with E-state index in [0.717, 1.165) is 32.2 Å². The Morgan fingerprint density at radius 2 is 1.65 bits per heavy atom. The average molecular weight is 445 g/mol.